The first-order valence-electron chi connectivity index (χ1n) is 6.24. The Hall–Kier alpha value is -2.36. The number of fused-ring (bicyclic) bond motifs is 1. The number of H-pyrrole nitrogens is 1. The van der Waals surface area contributed by atoms with Gasteiger partial charge < -0.3 is 15.6 Å². The molecule has 4 N–H and O–H groups in total. The number of aromatic hydroxyl groups is 1. The van der Waals surface area contributed by atoms with Crippen LogP contribution in [0, 0.1) is 18.3 Å². The molecule has 1 atom stereocenters. The predicted octanol–water partition coefficient (Wildman–Crippen LogP) is 2.95. The van der Waals surface area contributed by atoms with Crippen LogP contribution in [0.25, 0.3) is 0 Å². The number of halogens is 2. The summed E-state index contributed by atoms with van der Waals surface area (Å²) in [5.74, 6) is -0.634. The van der Waals surface area contributed by atoms with Crippen LogP contribution in [0.1, 0.15) is 22.7 Å². The Bertz CT molecular complexity index is 851. The van der Waals surface area contributed by atoms with Crippen LogP contribution in [0.5, 0.6) is 11.6 Å². The third-order valence-corrected chi connectivity index (χ3v) is 4.00. The molecule has 0 spiro atoms. The van der Waals surface area contributed by atoms with Gasteiger partial charge in [-0.15, -0.1) is 5.10 Å². The molecule has 2 heterocycles. The number of allylic oxidation sites excluding steroid dienone is 1. The fourth-order valence-electron chi connectivity index (χ4n) is 2.52. The lowest BCUT2D eigenvalue weighted by atomic mass is 9.83. The van der Waals surface area contributed by atoms with Crippen molar-refractivity contribution in [2.75, 3.05) is 0 Å². The summed E-state index contributed by atoms with van der Waals surface area (Å²) in [6.07, 6.45) is 0. The largest absolute Gasteiger partial charge is 0.506 e. The maximum atomic E-state index is 10.3. The highest BCUT2D eigenvalue weighted by atomic mass is 35.5. The van der Waals surface area contributed by atoms with Gasteiger partial charge >= 0.3 is 0 Å². The number of phenolic OH excluding ortho intramolecular Hbond substituents is 1. The van der Waals surface area contributed by atoms with Crippen molar-refractivity contribution >= 4 is 23.2 Å². The van der Waals surface area contributed by atoms with E-state index in [4.69, 9.17) is 33.7 Å². The molecule has 2 aromatic rings. The zero-order valence-corrected chi connectivity index (χ0v) is 12.8. The quantitative estimate of drug-likeness (QED) is 0.741. The van der Waals surface area contributed by atoms with Crippen LogP contribution >= 0.6 is 23.2 Å². The van der Waals surface area contributed by atoms with Gasteiger partial charge in [-0.25, -0.2) is 0 Å². The number of hydrogen-bond acceptors (Lipinski definition) is 5. The van der Waals surface area contributed by atoms with Gasteiger partial charge in [0.2, 0.25) is 11.8 Å². The van der Waals surface area contributed by atoms with Crippen molar-refractivity contribution in [2.24, 2.45) is 5.73 Å². The molecular formula is C14H10Cl2N4O2. The Kier molecular flexibility index (Phi) is 3.39. The molecule has 22 heavy (non-hydrogen) atoms. The number of aromatic amines is 1. The Balaban J connectivity index is 2.33. The van der Waals surface area contributed by atoms with Gasteiger partial charge in [0.15, 0.2) is 0 Å². The maximum Gasteiger partial charge on any atom is 0.244 e. The molecule has 0 bridgehead atoms. The van der Waals surface area contributed by atoms with Crippen molar-refractivity contribution in [1.29, 1.82) is 5.26 Å². The molecule has 1 unspecified atom stereocenters. The van der Waals surface area contributed by atoms with Gasteiger partial charge in [-0.1, -0.05) is 23.2 Å². The minimum Gasteiger partial charge on any atom is -0.506 e. The topological polar surface area (TPSA) is 108 Å². The van der Waals surface area contributed by atoms with E-state index in [1.165, 1.54) is 6.07 Å². The lowest BCUT2D eigenvalue weighted by Crippen LogP contribution is -2.21. The van der Waals surface area contributed by atoms with Crippen LogP contribution in [0.3, 0.4) is 0 Å². The highest BCUT2D eigenvalue weighted by Gasteiger charge is 2.36. The first-order valence-corrected chi connectivity index (χ1v) is 7.00. The number of aromatic nitrogens is 2. The van der Waals surface area contributed by atoms with Crippen molar-refractivity contribution < 1.29 is 9.84 Å². The number of rotatable bonds is 1. The number of nitrogens with two attached hydrogens (primary N) is 1. The van der Waals surface area contributed by atoms with Crippen molar-refractivity contribution in [1.82, 2.24) is 10.2 Å². The van der Waals surface area contributed by atoms with Crippen LogP contribution in [-0.4, -0.2) is 15.3 Å². The maximum absolute atomic E-state index is 10.3. The van der Waals surface area contributed by atoms with Crippen molar-refractivity contribution in [3.63, 3.8) is 0 Å². The summed E-state index contributed by atoms with van der Waals surface area (Å²) in [5.41, 5.74) is 7.63. The van der Waals surface area contributed by atoms with Crippen LogP contribution in [-0.2, 0) is 0 Å². The average molecular weight is 337 g/mol. The summed E-state index contributed by atoms with van der Waals surface area (Å²) in [7, 11) is 0. The van der Waals surface area contributed by atoms with Gasteiger partial charge in [-0.05, 0) is 19.1 Å². The van der Waals surface area contributed by atoms with E-state index < -0.39 is 5.92 Å². The van der Waals surface area contributed by atoms with Crippen LogP contribution in [0.4, 0.5) is 0 Å². The Morgan fingerprint density at radius 1 is 1.45 bits per heavy atom. The molecule has 1 aromatic heterocycles. The molecule has 1 aromatic carbocycles. The molecule has 8 heteroatoms. The zero-order valence-electron chi connectivity index (χ0n) is 11.3. The Labute approximate surface area is 135 Å². The van der Waals surface area contributed by atoms with E-state index in [1.807, 2.05) is 6.07 Å². The van der Waals surface area contributed by atoms with E-state index in [2.05, 4.69) is 10.2 Å². The first kappa shape index (κ1) is 14.6. The second kappa shape index (κ2) is 5.13. The summed E-state index contributed by atoms with van der Waals surface area (Å²) < 4.78 is 5.35. The summed E-state index contributed by atoms with van der Waals surface area (Å²) >= 11 is 12.0. The smallest absolute Gasteiger partial charge is 0.244 e. The van der Waals surface area contributed by atoms with E-state index in [-0.39, 0.29) is 28.1 Å². The molecule has 1 aliphatic heterocycles. The molecule has 3 rings (SSSR count). The van der Waals surface area contributed by atoms with E-state index in [0.29, 0.717) is 21.8 Å². The fraction of sp³-hybridized carbons (Fsp3) is 0.143. The molecule has 1 aliphatic rings. The summed E-state index contributed by atoms with van der Waals surface area (Å²) in [6, 6.07) is 4.98. The second-order valence-electron chi connectivity index (χ2n) is 4.82. The third-order valence-electron chi connectivity index (χ3n) is 3.50. The molecule has 6 nitrogen and oxygen atoms in total. The molecule has 0 saturated carbocycles. The average Bonchev–Trinajstić information content (AvgIpc) is 2.82. The minimum atomic E-state index is -0.663. The number of nitrogens with zero attached hydrogens (tertiary/aromatic N) is 2. The SMILES string of the molecule is Cc1[nH]nc2c1C(c1cc(Cl)cc(Cl)c1O)C(C#N)=C(N)O2. The number of phenols is 1. The van der Waals surface area contributed by atoms with Gasteiger partial charge in [-0.2, -0.15) is 5.26 Å². The Morgan fingerprint density at radius 3 is 2.86 bits per heavy atom. The third kappa shape index (κ3) is 2.06. The van der Waals surface area contributed by atoms with Gasteiger partial charge in [0.1, 0.15) is 17.4 Å². The Morgan fingerprint density at radius 2 is 2.18 bits per heavy atom. The van der Waals surface area contributed by atoms with Gasteiger partial charge in [-0.3, -0.25) is 5.10 Å². The normalized spacial score (nSPS) is 16.9. The molecule has 0 radical (unpaired) electrons. The lowest BCUT2D eigenvalue weighted by Gasteiger charge is -2.24. The van der Waals surface area contributed by atoms with Crippen molar-refractivity contribution in [2.45, 2.75) is 12.8 Å². The fourth-order valence-corrected chi connectivity index (χ4v) is 3.02. The number of aryl methyl sites for hydroxylation is 1. The number of nitriles is 1. The van der Waals surface area contributed by atoms with E-state index in [9.17, 15) is 10.4 Å². The second-order valence-corrected chi connectivity index (χ2v) is 5.66. The van der Waals surface area contributed by atoms with Crippen molar-refractivity contribution in [3.8, 4) is 17.7 Å². The van der Waals surface area contributed by atoms with Crippen LogP contribution < -0.4 is 10.5 Å². The number of hydrogen-bond donors (Lipinski definition) is 3. The van der Waals surface area contributed by atoms with Crippen LogP contribution in [0.15, 0.2) is 23.6 Å². The minimum absolute atomic E-state index is 0.0676. The lowest BCUT2D eigenvalue weighted by molar-refractivity contribution is 0.377. The molecular weight excluding hydrogens is 327 g/mol. The summed E-state index contributed by atoms with van der Waals surface area (Å²) in [5, 5.41) is 26.9. The molecule has 112 valence electrons. The molecule has 0 saturated heterocycles. The summed E-state index contributed by atoms with van der Waals surface area (Å²) in [4.78, 5) is 0. The zero-order chi connectivity index (χ0) is 16.0. The predicted molar refractivity (Wildman–Crippen MR) is 80.7 cm³/mol. The number of ether oxygens (including phenoxy) is 1. The summed E-state index contributed by atoms with van der Waals surface area (Å²) in [6.45, 7) is 1.78. The van der Waals surface area contributed by atoms with Gasteiger partial charge in [0, 0.05) is 21.8 Å². The highest BCUT2D eigenvalue weighted by Crippen LogP contribution is 2.47. The molecule has 0 fully saturated rings. The number of nitrogens with one attached hydrogen (secondary N) is 1. The van der Waals surface area contributed by atoms with Crippen LogP contribution in [0.2, 0.25) is 10.0 Å². The molecule has 0 aliphatic carbocycles. The van der Waals surface area contributed by atoms with Gasteiger partial charge in [0.25, 0.3) is 0 Å². The van der Waals surface area contributed by atoms with E-state index >= 15 is 0 Å². The van der Waals surface area contributed by atoms with Crippen molar-refractivity contribution in [3.05, 3.63) is 50.5 Å². The van der Waals surface area contributed by atoms with Gasteiger partial charge in [0.05, 0.1) is 10.9 Å². The molecule has 0 amide bonds. The van der Waals surface area contributed by atoms with E-state index in [1.54, 1.807) is 13.0 Å². The first-order chi connectivity index (χ1) is 10.4. The standard InChI is InChI=1S/C14H10Cl2N4O2/c1-5-10-11(7-2-6(15)3-9(16)12(7)21)8(4-17)13(18)22-14(10)20-19-5/h2-3,11,21H,18H2,1H3,(H,19,20). The number of benzene rings is 1. The monoisotopic (exact) mass is 336 g/mol. The van der Waals surface area contributed by atoms with E-state index in [0.717, 1.165) is 0 Å². The highest BCUT2D eigenvalue weighted by molar-refractivity contribution is 6.35.